The lowest BCUT2D eigenvalue weighted by molar-refractivity contribution is -0.136. The molecule has 0 unspecified atom stereocenters. The molecule has 2 aromatic rings. The van der Waals surface area contributed by atoms with E-state index < -0.39 is 12.0 Å². The van der Waals surface area contributed by atoms with Gasteiger partial charge >= 0.3 is 12.0 Å². The first-order chi connectivity index (χ1) is 16.5. The molecule has 2 N–H and O–H groups in total. The molecular formula is C25H30N4O5. The number of urea groups is 1. The number of anilines is 1. The number of nitrogens with one attached hydrogen (secondary N) is 2. The van der Waals surface area contributed by atoms with E-state index in [2.05, 4.69) is 26.5 Å². The lowest BCUT2D eigenvalue weighted by atomic mass is 9.95. The Morgan fingerprint density at radius 3 is 2.32 bits per heavy atom. The van der Waals surface area contributed by atoms with E-state index in [0.29, 0.717) is 23.6 Å². The van der Waals surface area contributed by atoms with Gasteiger partial charge in [0.05, 0.1) is 32.9 Å². The van der Waals surface area contributed by atoms with E-state index in [-0.39, 0.29) is 6.03 Å². The summed E-state index contributed by atoms with van der Waals surface area (Å²) >= 11 is 0. The number of rotatable bonds is 7. The maximum atomic E-state index is 12.8. The molecule has 2 heterocycles. The zero-order valence-corrected chi connectivity index (χ0v) is 19.7. The minimum absolute atomic E-state index is 0.349. The van der Waals surface area contributed by atoms with Gasteiger partial charge in [0.25, 0.3) is 0 Å². The normalized spacial score (nSPS) is 18.7. The van der Waals surface area contributed by atoms with Gasteiger partial charge in [-0.2, -0.15) is 0 Å². The van der Waals surface area contributed by atoms with Gasteiger partial charge in [0.1, 0.15) is 11.5 Å². The standard InChI is InChI=1S/C25H30N4O5/c1-32-19-9-7-17(8-10-19)23-22(24(30)34-3)21(26-25(31)27-23)16-28-11-13-29(14-12-28)18-5-4-6-20(15-18)33-2/h4-10,15,23H,11-14,16H2,1-3H3,(H2,26,27,31)/t23-/m0/s1. The topological polar surface area (TPSA) is 92.4 Å². The van der Waals surface area contributed by atoms with E-state index >= 15 is 0 Å². The van der Waals surface area contributed by atoms with E-state index in [1.54, 1.807) is 26.4 Å². The van der Waals surface area contributed by atoms with E-state index in [1.165, 1.54) is 7.11 Å². The summed E-state index contributed by atoms with van der Waals surface area (Å²) in [6.45, 7) is 3.65. The van der Waals surface area contributed by atoms with Crippen molar-refractivity contribution >= 4 is 17.7 Å². The molecule has 2 aliphatic rings. The van der Waals surface area contributed by atoms with Crippen LogP contribution in [0, 0.1) is 0 Å². The highest BCUT2D eigenvalue weighted by atomic mass is 16.5. The van der Waals surface area contributed by atoms with E-state index in [1.807, 2.05) is 30.3 Å². The highest BCUT2D eigenvalue weighted by molar-refractivity contribution is 5.95. The summed E-state index contributed by atoms with van der Waals surface area (Å²) in [6, 6.07) is 14.3. The average molecular weight is 467 g/mol. The van der Waals surface area contributed by atoms with E-state index in [0.717, 1.165) is 43.2 Å². The van der Waals surface area contributed by atoms with Gasteiger partial charge in [0.2, 0.25) is 0 Å². The fourth-order valence-corrected chi connectivity index (χ4v) is 4.33. The summed E-state index contributed by atoms with van der Waals surface area (Å²) < 4.78 is 15.7. The zero-order chi connectivity index (χ0) is 24.1. The van der Waals surface area contributed by atoms with Crippen molar-refractivity contribution in [3.8, 4) is 11.5 Å². The van der Waals surface area contributed by atoms with Crippen molar-refractivity contribution in [3.63, 3.8) is 0 Å². The van der Waals surface area contributed by atoms with Crippen molar-refractivity contribution in [2.24, 2.45) is 0 Å². The monoisotopic (exact) mass is 466 g/mol. The van der Waals surface area contributed by atoms with Gasteiger partial charge in [0.15, 0.2) is 0 Å². The van der Waals surface area contributed by atoms with Gasteiger partial charge in [0, 0.05) is 50.2 Å². The number of methoxy groups -OCH3 is 3. The number of hydrogen-bond acceptors (Lipinski definition) is 7. The lowest BCUT2D eigenvalue weighted by Gasteiger charge is -2.38. The van der Waals surface area contributed by atoms with E-state index in [4.69, 9.17) is 14.2 Å². The summed E-state index contributed by atoms with van der Waals surface area (Å²) in [5.74, 6) is 1.05. The molecule has 0 bridgehead atoms. The molecule has 0 saturated carbocycles. The molecule has 1 fully saturated rings. The summed E-state index contributed by atoms with van der Waals surface area (Å²) in [7, 11) is 4.60. The van der Waals surface area contributed by atoms with Crippen LogP contribution in [0.5, 0.6) is 11.5 Å². The Morgan fingerprint density at radius 1 is 0.971 bits per heavy atom. The van der Waals surface area contributed by atoms with Crippen molar-refractivity contribution < 1.29 is 23.8 Å². The van der Waals surface area contributed by atoms with Gasteiger partial charge < -0.3 is 29.7 Å². The third-order valence-corrected chi connectivity index (χ3v) is 6.18. The first-order valence-corrected chi connectivity index (χ1v) is 11.2. The lowest BCUT2D eigenvalue weighted by Crippen LogP contribution is -2.51. The minimum atomic E-state index is -0.611. The zero-order valence-electron chi connectivity index (χ0n) is 19.7. The van der Waals surface area contributed by atoms with Crippen LogP contribution in [0.3, 0.4) is 0 Å². The van der Waals surface area contributed by atoms with Crippen molar-refractivity contribution in [3.05, 3.63) is 65.4 Å². The highest BCUT2D eigenvalue weighted by Crippen LogP contribution is 2.30. The second-order valence-corrected chi connectivity index (χ2v) is 8.15. The largest absolute Gasteiger partial charge is 0.497 e. The van der Waals surface area contributed by atoms with Gasteiger partial charge in [-0.1, -0.05) is 18.2 Å². The molecule has 1 saturated heterocycles. The summed E-state index contributed by atoms with van der Waals surface area (Å²) in [6.07, 6.45) is 0. The molecule has 4 rings (SSSR count). The Kier molecular flexibility index (Phi) is 7.22. The van der Waals surface area contributed by atoms with E-state index in [9.17, 15) is 9.59 Å². The minimum Gasteiger partial charge on any atom is -0.497 e. The number of piperazine rings is 1. The molecule has 0 aromatic heterocycles. The van der Waals surface area contributed by atoms with Crippen LogP contribution in [0.2, 0.25) is 0 Å². The van der Waals surface area contributed by atoms with Gasteiger partial charge in [-0.05, 0) is 29.8 Å². The highest BCUT2D eigenvalue weighted by Gasteiger charge is 2.34. The second kappa shape index (κ2) is 10.5. The van der Waals surface area contributed by atoms with Crippen LogP contribution in [0.15, 0.2) is 59.8 Å². The molecule has 0 spiro atoms. The maximum Gasteiger partial charge on any atom is 0.338 e. The fourth-order valence-electron chi connectivity index (χ4n) is 4.33. The van der Waals surface area contributed by atoms with Crippen molar-refractivity contribution in [1.82, 2.24) is 15.5 Å². The van der Waals surface area contributed by atoms with Crippen LogP contribution < -0.4 is 25.0 Å². The molecule has 2 aliphatic heterocycles. The van der Waals surface area contributed by atoms with Crippen LogP contribution >= 0.6 is 0 Å². The SMILES string of the molecule is COC(=O)C1=C(CN2CCN(c3cccc(OC)c3)CC2)NC(=O)N[C@H]1c1ccc(OC)cc1. The molecule has 9 heteroatoms. The van der Waals surface area contributed by atoms with Crippen LogP contribution in [-0.4, -0.2) is 71.0 Å². The number of amides is 2. The summed E-state index contributed by atoms with van der Waals surface area (Å²) in [4.78, 5) is 29.8. The van der Waals surface area contributed by atoms with Crippen LogP contribution in [0.25, 0.3) is 0 Å². The average Bonchev–Trinajstić information content (AvgIpc) is 2.88. The van der Waals surface area contributed by atoms with Crippen molar-refractivity contribution in [2.45, 2.75) is 6.04 Å². The first-order valence-electron chi connectivity index (χ1n) is 11.2. The Bertz CT molecular complexity index is 1060. The Labute approximate surface area is 199 Å². The number of ether oxygens (including phenoxy) is 3. The molecule has 180 valence electrons. The Morgan fingerprint density at radius 2 is 1.68 bits per heavy atom. The second-order valence-electron chi connectivity index (χ2n) is 8.15. The quantitative estimate of drug-likeness (QED) is 0.605. The van der Waals surface area contributed by atoms with Gasteiger partial charge in [-0.25, -0.2) is 9.59 Å². The van der Waals surface area contributed by atoms with Crippen molar-refractivity contribution in [2.75, 3.05) is 59.0 Å². The molecule has 0 aliphatic carbocycles. The van der Waals surface area contributed by atoms with Crippen LogP contribution in [0.1, 0.15) is 11.6 Å². The van der Waals surface area contributed by atoms with Crippen LogP contribution in [0.4, 0.5) is 10.5 Å². The molecule has 0 radical (unpaired) electrons. The number of carbonyl (C=O) groups is 2. The first kappa shape index (κ1) is 23.4. The molecule has 34 heavy (non-hydrogen) atoms. The number of carbonyl (C=O) groups excluding carboxylic acids is 2. The predicted molar refractivity (Wildman–Crippen MR) is 128 cm³/mol. The molecule has 1 atom stereocenters. The fraction of sp³-hybridized carbons (Fsp3) is 0.360. The summed E-state index contributed by atoms with van der Waals surface area (Å²) in [5, 5.41) is 5.70. The number of nitrogens with zero attached hydrogens (tertiary/aromatic N) is 2. The molecule has 2 amide bonds. The Balaban J connectivity index is 1.52. The predicted octanol–water partition coefficient (Wildman–Crippen LogP) is 2.31. The third-order valence-electron chi connectivity index (χ3n) is 6.18. The number of esters is 1. The molecule has 2 aromatic carbocycles. The van der Waals surface area contributed by atoms with Gasteiger partial charge in [-0.3, -0.25) is 4.90 Å². The smallest absolute Gasteiger partial charge is 0.338 e. The Hall–Kier alpha value is -3.72. The molecule has 9 nitrogen and oxygen atoms in total. The molecular weight excluding hydrogens is 436 g/mol. The van der Waals surface area contributed by atoms with Crippen LogP contribution in [-0.2, 0) is 9.53 Å². The number of benzene rings is 2. The number of hydrogen-bond donors (Lipinski definition) is 2. The maximum absolute atomic E-state index is 12.8. The van der Waals surface area contributed by atoms with Gasteiger partial charge in [-0.15, -0.1) is 0 Å². The van der Waals surface area contributed by atoms with Crippen molar-refractivity contribution in [1.29, 1.82) is 0 Å². The third kappa shape index (κ3) is 5.09. The summed E-state index contributed by atoms with van der Waals surface area (Å²) in [5.41, 5.74) is 2.85.